The van der Waals surface area contributed by atoms with E-state index in [-0.39, 0.29) is 0 Å². The third-order valence-corrected chi connectivity index (χ3v) is 3.27. The predicted molar refractivity (Wildman–Crippen MR) is 86.5 cm³/mol. The lowest BCUT2D eigenvalue weighted by Gasteiger charge is -2.11. The van der Waals surface area contributed by atoms with Crippen LogP contribution in [-0.4, -0.2) is 33.3 Å². The molecule has 0 atom stereocenters. The minimum Gasteiger partial charge on any atom is -0.378 e. The zero-order valence-electron chi connectivity index (χ0n) is 13.2. The van der Waals surface area contributed by atoms with E-state index in [4.69, 9.17) is 9.47 Å². The lowest BCUT2D eigenvalue weighted by molar-refractivity contribution is 0.134. The van der Waals surface area contributed by atoms with Gasteiger partial charge in [0.25, 0.3) is 5.78 Å². The molecule has 7 heteroatoms. The predicted octanol–water partition coefficient (Wildman–Crippen LogP) is 2.55. The fraction of sp³-hybridized carbons (Fsp3) is 0.312. The Morgan fingerprint density at radius 2 is 2.13 bits per heavy atom. The number of hydrogen-bond acceptors (Lipinski definition) is 6. The molecule has 0 radical (unpaired) electrons. The molecule has 2 heterocycles. The molecular formula is C16H19N5O2. The van der Waals surface area contributed by atoms with Crippen LogP contribution in [0.1, 0.15) is 18.2 Å². The molecule has 0 fully saturated rings. The van der Waals surface area contributed by atoms with Gasteiger partial charge in [-0.3, -0.25) is 0 Å². The van der Waals surface area contributed by atoms with Crippen LogP contribution in [-0.2, 0) is 22.7 Å². The van der Waals surface area contributed by atoms with Gasteiger partial charge in [-0.05, 0) is 24.6 Å². The van der Waals surface area contributed by atoms with Crippen molar-refractivity contribution >= 4 is 17.3 Å². The molecule has 1 N–H and O–H groups in total. The highest BCUT2D eigenvalue weighted by Gasteiger charge is 2.08. The molecule has 0 aliphatic rings. The monoisotopic (exact) mass is 313 g/mol. The van der Waals surface area contributed by atoms with Crippen molar-refractivity contribution < 1.29 is 9.47 Å². The minimum absolute atomic E-state index is 0.419. The summed E-state index contributed by atoms with van der Waals surface area (Å²) in [5, 5.41) is 7.56. The van der Waals surface area contributed by atoms with Crippen molar-refractivity contribution in [2.75, 3.05) is 19.0 Å². The van der Waals surface area contributed by atoms with Crippen molar-refractivity contribution in [1.82, 2.24) is 19.6 Å². The Balaban J connectivity index is 1.89. The molecule has 2 aromatic heterocycles. The van der Waals surface area contributed by atoms with Crippen LogP contribution in [0, 0.1) is 0 Å². The number of nitrogens with one attached hydrogen (secondary N) is 1. The maximum Gasteiger partial charge on any atom is 0.254 e. The number of benzene rings is 1. The molecule has 3 aromatic rings. The highest BCUT2D eigenvalue weighted by atomic mass is 16.5. The summed E-state index contributed by atoms with van der Waals surface area (Å²) in [5.74, 6) is 1.32. The van der Waals surface area contributed by atoms with Gasteiger partial charge in [-0.25, -0.2) is 4.98 Å². The molecule has 1 aromatic carbocycles. The standard InChI is InChI=1S/C16H19N5O2/c1-3-23-9-12-5-4-6-13(7-12)19-15-8-14(10-22-2)20-16-17-11-18-21(15)16/h4-8,11,19H,3,9-10H2,1-2H3. The van der Waals surface area contributed by atoms with Crippen molar-refractivity contribution in [1.29, 1.82) is 0 Å². The van der Waals surface area contributed by atoms with Gasteiger partial charge in [0.1, 0.15) is 12.1 Å². The van der Waals surface area contributed by atoms with E-state index in [9.17, 15) is 0 Å². The number of methoxy groups -OCH3 is 1. The minimum atomic E-state index is 0.419. The molecule has 0 unspecified atom stereocenters. The van der Waals surface area contributed by atoms with E-state index >= 15 is 0 Å². The van der Waals surface area contributed by atoms with Crippen LogP contribution < -0.4 is 5.32 Å². The summed E-state index contributed by atoms with van der Waals surface area (Å²) in [6, 6.07) is 9.98. The van der Waals surface area contributed by atoms with Crippen LogP contribution in [0.25, 0.3) is 5.78 Å². The summed E-state index contributed by atoms with van der Waals surface area (Å²) in [6.45, 7) is 3.69. The highest BCUT2D eigenvalue weighted by molar-refractivity contribution is 5.59. The number of anilines is 2. The molecule has 7 nitrogen and oxygen atoms in total. The van der Waals surface area contributed by atoms with E-state index in [1.807, 2.05) is 31.2 Å². The zero-order valence-corrected chi connectivity index (χ0v) is 13.2. The Hall–Kier alpha value is -2.51. The Bertz CT molecular complexity index is 787. The van der Waals surface area contributed by atoms with E-state index in [0.717, 1.165) is 22.8 Å². The largest absolute Gasteiger partial charge is 0.378 e. The second-order valence-electron chi connectivity index (χ2n) is 5.00. The molecule has 0 saturated heterocycles. The molecule has 23 heavy (non-hydrogen) atoms. The Labute approximate surface area is 134 Å². The van der Waals surface area contributed by atoms with Crippen molar-refractivity contribution in [3.63, 3.8) is 0 Å². The van der Waals surface area contributed by atoms with Gasteiger partial charge >= 0.3 is 0 Å². The average Bonchev–Trinajstić information content (AvgIpc) is 3.02. The highest BCUT2D eigenvalue weighted by Crippen LogP contribution is 2.19. The normalized spacial score (nSPS) is 11.0. The molecule has 0 aliphatic carbocycles. The fourth-order valence-electron chi connectivity index (χ4n) is 2.28. The van der Waals surface area contributed by atoms with Crippen LogP contribution in [0.2, 0.25) is 0 Å². The molecule has 120 valence electrons. The van der Waals surface area contributed by atoms with Crippen LogP contribution in [0.15, 0.2) is 36.7 Å². The number of rotatable bonds is 7. The number of ether oxygens (including phenoxy) is 2. The van der Waals surface area contributed by atoms with E-state index < -0.39 is 0 Å². The van der Waals surface area contributed by atoms with E-state index in [0.29, 0.717) is 25.6 Å². The fourth-order valence-corrected chi connectivity index (χ4v) is 2.28. The van der Waals surface area contributed by atoms with Crippen LogP contribution in [0.3, 0.4) is 0 Å². The number of hydrogen-bond donors (Lipinski definition) is 1. The van der Waals surface area contributed by atoms with Crippen molar-refractivity contribution in [2.24, 2.45) is 0 Å². The van der Waals surface area contributed by atoms with Gasteiger partial charge in [-0.15, -0.1) is 0 Å². The summed E-state index contributed by atoms with van der Waals surface area (Å²) in [6.07, 6.45) is 1.48. The van der Waals surface area contributed by atoms with Crippen LogP contribution in [0.5, 0.6) is 0 Å². The molecule has 3 rings (SSSR count). The van der Waals surface area contributed by atoms with Gasteiger partial charge in [0.15, 0.2) is 0 Å². The average molecular weight is 313 g/mol. The SMILES string of the molecule is CCOCc1cccc(Nc2cc(COC)nc3ncnn23)c1. The molecule has 0 aliphatic heterocycles. The first-order valence-corrected chi connectivity index (χ1v) is 7.42. The van der Waals surface area contributed by atoms with E-state index in [1.165, 1.54) is 6.33 Å². The van der Waals surface area contributed by atoms with Crippen LogP contribution in [0.4, 0.5) is 11.5 Å². The smallest absolute Gasteiger partial charge is 0.254 e. The molecule has 0 saturated carbocycles. The van der Waals surface area contributed by atoms with Crippen molar-refractivity contribution in [2.45, 2.75) is 20.1 Å². The molecule has 0 bridgehead atoms. The second kappa shape index (κ2) is 7.17. The van der Waals surface area contributed by atoms with Crippen molar-refractivity contribution in [3.8, 4) is 0 Å². The Morgan fingerprint density at radius 3 is 2.96 bits per heavy atom. The molecular weight excluding hydrogens is 294 g/mol. The molecule has 0 spiro atoms. The van der Waals surface area contributed by atoms with Gasteiger partial charge in [0.2, 0.25) is 0 Å². The van der Waals surface area contributed by atoms with Gasteiger partial charge in [0.05, 0.1) is 18.9 Å². The summed E-state index contributed by atoms with van der Waals surface area (Å²) >= 11 is 0. The second-order valence-corrected chi connectivity index (χ2v) is 5.00. The summed E-state index contributed by atoms with van der Waals surface area (Å²) in [7, 11) is 1.64. The van der Waals surface area contributed by atoms with E-state index in [1.54, 1.807) is 11.6 Å². The lowest BCUT2D eigenvalue weighted by Crippen LogP contribution is -2.05. The van der Waals surface area contributed by atoms with Gasteiger partial charge in [0, 0.05) is 25.5 Å². The summed E-state index contributed by atoms with van der Waals surface area (Å²) in [4.78, 5) is 8.54. The lowest BCUT2D eigenvalue weighted by atomic mass is 10.2. The number of aromatic nitrogens is 4. The molecule has 0 amide bonds. The first kappa shape index (κ1) is 15.4. The topological polar surface area (TPSA) is 73.6 Å². The zero-order chi connectivity index (χ0) is 16.1. The maximum atomic E-state index is 5.45. The van der Waals surface area contributed by atoms with Crippen molar-refractivity contribution in [3.05, 3.63) is 47.9 Å². The summed E-state index contributed by atoms with van der Waals surface area (Å²) in [5.41, 5.74) is 2.85. The maximum absolute atomic E-state index is 5.45. The third-order valence-electron chi connectivity index (χ3n) is 3.27. The van der Waals surface area contributed by atoms with Gasteiger partial charge in [-0.1, -0.05) is 12.1 Å². The first-order valence-electron chi connectivity index (χ1n) is 7.42. The number of fused-ring (bicyclic) bond motifs is 1. The van der Waals surface area contributed by atoms with Crippen LogP contribution >= 0.6 is 0 Å². The Kier molecular flexibility index (Phi) is 4.80. The third kappa shape index (κ3) is 3.64. The number of nitrogens with zero attached hydrogens (tertiary/aromatic N) is 4. The first-order chi connectivity index (χ1) is 11.3. The van der Waals surface area contributed by atoms with E-state index in [2.05, 4.69) is 26.4 Å². The Morgan fingerprint density at radius 1 is 1.22 bits per heavy atom. The van der Waals surface area contributed by atoms with Gasteiger partial charge < -0.3 is 14.8 Å². The summed E-state index contributed by atoms with van der Waals surface area (Å²) < 4.78 is 12.3. The van der Waals surface area contributed by atoms with Gasteiger partial charge in [-0.2, -0.15) is 14.6 Å². The quantitative estimate of drug-likeness (QED) is 0.722.